The van der Waals surface area contributed by atoms with Gasteiger partial charge in [0.2, 0.25) is 0 Å². The van der Waals surface area contributed by atoms with Gasteiger partial charge in [-0.2, -0.15) is 0 Å². The van der Waals surface area contributed by atoms with Gasteiger partial charge in [0.25, 0.3) is 17.1 Å². The van der Waals surface area contributed by atoms with Crippen molar-refractivity contribution >= 4 is 63.8 Å². The van der Waals surface area contributed by atoms with Gasteiger partial charge in [-0.1, -0.05) is 41.4 Å². The highest BCUT2D eigenvalue weighted by atomic mass is 35.5. The summed E-state index contributed by atoms with van der Waals surface area (Å²) in [4.78, 5) is 38.6. The van der Waals surface area contributed by atoms with Crippen LogP contribution >= 0.6 is 35.0 Å². The van der Waals surface area contributed by atoms with Crippen molar-refractivity contribution in [1.29, 1.82) is 0 Å². The molecule has 3 aromatic carbocycles. The van der Waals surface area contributed by atoms with Crippen LogP contribution < -0.4 is 10.1 Å². The molecular formula is C25H17Cl2FN2O4S. The predicted molar refractivity (Wildman–Crippen MR) is 135 cm³/mol. The van der Waals surface area contributed by atoms with Crippen LogP contribution in [0.5, 0.6) is 5.75 Å². The zero-order valence-electron chi connectivity index (χ0n) is 18.0. The van der Waals surface area contributed by atoms with Gasteiger partial charge in [0.15, 0.2) is 6.61 Å². The van der Waals surface area contributed by atoms with Gasteiger partial charge in [0.1, 0.15) is 11.6 Å². The van der Waals surface area contributed by atoms with Gasteiger partial charge in [-0.25, -0.2) is 4.39 Å². The van der Waals surface area contributed by atoms with E-state index in [1.54, 1.807) is 54.6 Å². The maximum atomic E-state index is 13.3. The third kappa shape index (κ3) is 6.42. The highest BCUT2D eigenvalue weighted by molar-refractivity contribution is 8.18. The number of nitrogens with one attached hydrogen (secondary N) is 1. The molecule has 178 valence electrons. The maximum absolute atomic E-state index is 13.3. The van der Waals surface area contributed by atoms with E-state index in [1.807, 2.05) is 0 Å². The highest BCUT2D eigenvalue weighted by Crippen LogP contribution is 2.34. The molecule has 3 amide bonds. The molecule has 0 aromatic heterocycles. The second-order valence-electron chi connectivity index (χ2n) is 7.42. The van der Waals surface area contributed by atoms with E-state index in [2.05, 4.69) is 5.32 Å². The summed E-state index contributed by atoms with van der Waals surface area (Å²) >= 11 is 12.7. The smallest absolute Gasteiger partial charge is 0.293 e. The second-order valence-corrected chi connectivity index (χ2v) is 9.26. The van der Waals surface area contributed by atoms with Gasteiger partial charge in [-0.15, -0.1) is 0 Å². The van der Waals surface area contributed by atoms with Crippen LogP contribution in [0.15, 0.2) is 71.6 Å². The first kappa shape index (κ1) is 24.8. The first-order chi connectivity index (χ1) is 16.8. The fourth-order valence-corrected chi connectivity index (χ4v) is 4.37. The molecule has 4 rings (SSSR count). The van der Waals surface area contributed by atoms with E-state index in [-0.39, 0.29) is 29.0 Å². The minimum absolute atomic E-state index is 0.0625. The number of carbonyl (C=O) groups is 3. The first-order valence-electron chi connectivity index (χ1n) is 10.3. The third-order valence-electron chi connectivity index (χ3n) is 4.87. The predicted octanol–water partition coefficient (Wildman–Crippen LogP) is 6.39. The van der Waals surface area contributed by atoms with E-state index in [9.17, 15) is 18.8 Å². The number of amides is 3. The summed E-state index contributed by atoms with van der Waals surface area (Å²) in [5.74, 6) is -0.910. The number of imide groups is 1. The van der Waals surface area contributed by atoms with Crippen LogP contribution in [0.2, 0.25) is 10.0 Å². The number of benzene rings is 3. The number of hydrogen-bond acceptors (Lipinski definition) is 5. The monoisotopic (exact) mass is 530 g/mol. The number of nitrogens with zero attached hydrogens (tertiary/aromatic N) is 1. The zero-order valence-corrected chi connectivity index (χ0v) is 20.3. The summed E-state index contributed by atoms with van der Waals surface area (Å²) in [5, 5.41) is 2.95. The molecule has 1 aliphatic rings. The summed E-state index contributed by atoms with van der Waals surface area (Å²) in [6.07, 6.45) is 1.57. The van der Waals surface area contributed by atoms with Gasteiger partial charge < -0.3 is 10.1 Å². The van der Waals surface area contributed by atoms with Crippen LogP contribution in [0.1, 0.15) is 11.1 Å². The highest BCUT2D eigenvalue weighted by Gasteiger charge is 2.35. The number of halogens is 3. The van der Waals surface area contributed by atoms with E-state index >= 15 is 0 Å². The topological polar surface area (TPSA) is 75.7 Å². The van der Waals surface area contributed by atoms with Crippen molar-refractivity contribution in [3.8, 4) is 5.75 Å². The lowest BCUT2D eigenvalue weighted by atomic mass is 10.2. The maximum Gasteiger partial charge on any atom is 0.293 e. The summed E-state index contributed by atoms with van der Waals surface area (Å²) in [6.45, 7) is -0.284. The minimum atomic E-state index is -0.502. The van der Waals surface area contributed by atoms with Crippen molar-refractivity contribution in [2.24, 2.45) is 0 Å². The van der Waals surface area contributed by atoms with E-state index in [0.717, 1.165) is 22.7 Å². The van der Waals surface area contributed by atoms with E-state index in [1.165, 1.54) is 12.1 Å². The Bertz CT molecular complexity index is 1330. The van der Waals surface area contributed by atoms with Crippen LogP contribution in [0.4, 0.5) is 14.9 Å². The lowest BCUT2D eigenvalue weighted by Crippen LogP contribution is -2.27. The lowest BCUT2D eigenvalue weighted by Gasteiger charge is -2.13. The van der Waals surface area contributed by atoms with Crippen LogP contribution in [0.3, 0.4) is 0 Å². The number of anilines is 1. The minimum Gasteiger partial charge on any atom is -0.484 e. The molecule has 0 saturated carbocycles. The van der Waals surface area contributed by atoms with Gasteiger partial charge in [-0.3, -0.25) is 19.3 Å². The van der Waals surface area contributed by atoms with E-state index in [4.69, 9.17) is 27.9 Å². The van der Waals surface area contributed by atoms with Gasteiger partial charge in [0, 0.05) is 15.7 Å². The first-order valence-corrected chi connectivity index (χ1v) is 11.8. The standard InChI is InChI=1S/C25H17Cl2FN2O4S/c26-17-5-8-19(9-6-17)29-23(31)14-34-20-3-1-2-15(10-20)11-22-24(32)30(25(33)35-22)13-16-4-7-18(28)12-21(16)27/h1-12H,13-14H2,(H,29,31)/b22-11-. The fraction of sp³-hybridized carbons (Fsp3) is 0.0800. The Morgan fingerprint density at radius 1 is 1.06 bits per heavy atom. The number of rotatable bonds is 7. The summed E-state index contributed by atoms with van der Waals surface area (Å²) < 4.78 is 18.8. The molecule has 0 unspecified atom stereocenters. The second kappa shape index (κ2) is 10.9. The van der Waals surface area contributed by atoms with Crippen molar-refractivity contribution in [3.63, 3.8) is 0 Å². The molecule has 1 aliphatic heterocycles. The fourth-order valence-electron chi connectivity index (χ4n) is 3.18. The average molecular weight is 531 g/mol. The zero-order chi connectivity index (χ0) is 24.9. The number of ether oxygens (including phenoxy) is 1. The quantitative estimate of drug-likeness (QED) is 0.358. The van der Waals surface area contributed by atoms with E-state index in [0.29, 0.717) is 27.6 Å². The molecule has 0 aliphatic carbocycles. The molecule has 1 fully saturated rings. The molecule has 1 N–H and O–H groups in total. The molecule has 1 saturated heterocycles. The largest absolute Gasteiger partial charge is 0.484 e. The molecule has 0 spiro atoms. The summed E-state index contributed by atoms with van der Waals surface area (Å²) in [6, 6.07) is 17.3. The average Bonchev–Trinajstić information content (AvgIpc) is 3.08. The molecule has 35 heavy (non-hydrogen) atoms. The molecule has 0 atom stereocenters. The Kier molecular flexibility index (Phi) is 7.75. The van der Waals surface area contributed by atoms with Crippen LogP contribution in [0, 0.1) is 5.82 Å². The van der Waals surface area contributed by atoms with Crippen LogP contribution in [-0.2, 0) is 16.1 Å². The molecule has 0 radical (unpaired) electrons. The molecular weight excluding hydrogens is 514 g/mol. The van der Waals surface area contributed by atoms with Gasteiger partial charge in [0.05, 0.1) is 11.4 Å². The molecule has 10 heteroatoms. The number of thioether (sulfide) groups is 1. The molecule has 0 bridgehead atoms. The Labute approximate surface area is 214 Å². The van der Waals surface area contributed by atoms with Crippen molar-refractivity contribution < 1.29 is 23.5 Å². The SMILES string of the molecule is O=C(COc1cccc(/C=C2\SC(=O)N(Cc3ccc(F)cc3Cl)C2=O)c1)Nc1ccc(Cl)cc1. The molecule has 3 aromatic rings. The van der Waals surface area contributed by atoms with Crippen molar-refractivity contribution in [1.82, 2.24) is 4.90 Å². The van der Waals surface area contributed by atoms with Gasteiger partial charge >= 0.3 is 0 Å². The van der Waals surface area contributed by atoms with Crippen molar-refractivity contribution in [2.75, 3.05) is 11.9 Å². The Balaban J connectivity index is 1.39. The number of carbonyl (C=O) groups excluding carboxylic acids is 3. The Morgan fingerprint density at radius 2 is 1.83 bits per heavy atom. The molecule has 6 nitrogen and oxygen atoms in total. The van der Waals surface area contributed by atoms with Crippen molar-refractivity contribution in [3.05, 3.63) is 98.6 Å². The molecule has 1 heterocycles. The number of hydrogen-bond donors (Lipinski definition) is 1. The van der Waals surface area contributed by atoms with Crippen molar-refractivity contribution in [2.45, 2.75) is 6.54 Å². The van der Waals surface area contributed by atoms with Crippen LogP contribution in [0.25, 0.3) is 6.08 Å². The van der Waals surface area contributed by atoms with E-state index < -0.39 is 17.0 Å². The van der Waals surface area contributed by atoms with Gasteiger partial charge in [-0.05, 0) is 77.5 Å². The summed E-state index contributed by atoms with van der Waals surface area (Å²) in [5.41, 5.74) is 1.67. The lowest BCUT2D eigenvalue weighted by molar-refractivity contribution is -0.123. The normalized spacial score (nSPS) is 14.5. The Morgan fingerprint density at radius 3 is 2.57 bits per heavy atom. The third-order valence-corrected chi connectivity index (χ3v) is 6.38. The summed E-state index contributed by atoms with van der Waals surface area (Å²) in [7, 11) is 0. The van der Waals surface area contributed by atoms with Crippen LogP contribution in [-0.4, -0.2) is 28.6 Å². The Hall–Kier alpha value is -3.33.